The Morgan fingerprint density at radius 3 is 2.17 bits per heavy atom. The van der Waals surface area contributed by atoms with E-state index >= 15 is 0 Å². The smallest absolute Gasteiger partial charge is 0.304 e. The summed E-state index contributed by atoms with van der Waals surface area (Å²) in [4.78, 5) is 35.8. The van der Waals surface area contributed by atoms with Crippen LogP contribution in [0.15, 0.2) is 54.6 Å². The predicted octanol–water partition coefficient (Wildman–Crippen LogP) is 2.36. The number of nitrogens with one attached hydrogen (secondary N) is 1. The molecule has 5 heteroatoms. The van der Waals surface area contributed by atoms with Gasteiger partial charge in [0.25, 0.3) is 0 Å². The summed E-state index contributed by atoms with van der Waals surface area (Å²) in [6.45, 7) is 1.24. The summed E-state index contributed by atoms with van der Waals surface area (Å²) in [6.07, 6.45) is -0.147. The Kier molecular flexibility index (Phi) is 4.27. The van der Waals surface area contributed by atoms with Crippen LogP contribution in [0.4, 0.5) is 0 Å². The number of carbonyl (C=O) groups is 3. The van der Waals surface area contributed by atoms with Gasteiger partial charge in [-0.2, -0.15) is 0 Å². The molecular formula is C19H17NO4. The van der Waals surface area contributed by atoms with Crippen molar-refractivity contribution in [3.63, 3.8) is 0 Å². The number of ether oxygens (including phenoxy) is 1. The molecule has 1 aliphatic rings. The van der Waals surface area contributed by atoms with E-state index in [2.05, 4.69) is 5.32 Å². The molecule has 1 N–H and O–H groups in total. The van der Waals surface area contributed by atoms with Gasteiger partial charge in [0.2, 0.25) is 11.5 Å². The number of ketones is 2. The van der Waals surface area contributed by atoms with E-state index in [1.165, 1.54) is 6.92 Å². The molecule has 1 aliphatic heterocycles. The standard InChI is InChI=1S/C19H17NO4/c1-13(21)24-19(11-17(22)12-20-19)18(23)16-9-7-15(8-10-16)14-5-3-2-4-6-14/h2-10,20H,11-12H2,1H3/t19-/m0/s1. The number of hydrogen-bond donors (Lipinski definition) is 1. The Morgan fingerprint density at radius 2 is 1.62 bits per heavy atom. The van der Waals surface area contributed by atoms with Gasteiger partial charge >= 0.3 is 5.97 Å². The van der Waals surface area contributed by atoms with E-state index in [4.69, 9.17) is 4.74 Å². The Morgan fingerprint density at radius 1 is 1.00 bits per heavy atom. The summed E-state index contributed by atoms with van der Waals surface area (Å²) in [5.41, 5.74) is 0.819. The molecule has 0 aliphatic carbocycles. The number of carbonyl (C=O) groups excluding carboxylic acids is 3. The SMILES string of the molecule is CC(=O)O[C@]1(C(=O)c2ccc(-c3ccccc3)cc2)CC(=O)CN1. The summed E-state index contributed by atoms with van der Waals surface area (Å²) in [5.74, 6) is -1.18. The molecule has 0 radical (unpaired) electrons. The van der Waals surface area contributed by atoms with Gasteiger partial charge in [0.05, 0.1) is 13.0 Å². The highest BCUT2D eigenvalue weighted by Crippen LogP contribution is 2.26. The van der Waals surface area contributed by atoms with Gasteiger partial charge in [0.1, 0.15) is 0 Å². The second-order valence-corrected chi connectivity index (χ2v) is 5.76. The maximum absolute atomic E-state index is 12.8. The zero-order valence-electron chi connectivity index (χ0n) is 13.2. The molecule has 0 amide bonds. The number of esters is 1. The molecule has 1 atom stereocenters. The third kappa shape index (κ3) is 3.12. The molecule has 1 heterocycles. The van der Waals surface area contributed by atoms with Crippen LogP contribution in [0.1, 0.15) is 23.7 Å². The van der Waals surface area contributed by atoms with E-state index in [0.29, 0.717) is 5.56 Å². The van der Waals surface area contributed by atoms with Gasteiger partial charge in [-0.1, -0.05) is 54.6 Å². The van der Waals surface area contributed by atoms with Crippen molar-refractivity contribution in [2.45, 2.75) is 19.1 Å². The van der Waals surface area contributed by atoms with E-state index in [1.807, 2.05) is 42.5 Å². The van der Waals surface area contributed by atoms with E-state index in [-0.39, 0.29) is 18.7 Å². The van der Waals surface area contributed by atoms with Crippen LogP contribution in [0.3, 0.4) is 0 Å². The van der Waals surface area contributed by atoms with Crippen molar-refractivity contribution >= 4 is 17.5 Å². The fourth-order valence-corrected chi connectivity index (χ4v) is 2.85. The molecule has 0 aromatic heterocycles. The largest absolute Gasteiger partial charge is 0.436 e. The fourth-order valence-electron chi connectivity index (χ4n) is 2.85. The molecule has 1 saturated heterocycles. The molecule has 2 aromatic carbocycles. The molecule has 0 spiro atoms. The minimum Gasteiger partial charge on any atom is -0.436 e. The van der Waals surface area contributed by atoms with Crippen LogP contribution in [0.5, 0.6) is 0 Å². The van der Waals surface area contributed by atoms with E-state index in [1.54, 1.807) is 12.1 Å². The van der Waals surface area contributed by atoms with Crippen molar-refractivity contribution in [1.29, 1.82) is 0 Å². The van der Waals surface area contributed by atoms with Crippen molar-refractivity contribution in [2.75, 3.05) is 6.54 Å². The molecule has 1 fully saturated rings. The van der Waals surface area contributed by atoms with Gasteiger partial charge in [-0.3, -0.25) is 19.7 Å². The lowest BCUT2D eigenvalue weighted by atomic mass is 9.96. The Hall–Kier alpha value is -2.79. The fraction of sp³-hybridized carbons (Fsp3) is 0.211. The van der Waals surface area contributed by atoms with Crippen molar-refractivity contribution < 1.29 is 19.1 Å². The molecule has 0 saturated carbocycles. The van der Waals surface area contributed by atoms with E-state index in [9.17, 15) is 14.4 Å². The highest BCUT2D eigenvalue weighted by Gasteiger charge is 2.48. The highest BCUT2D eigenvalue weighted by molar-refractivity contribution is 6.07. The quantitative estimate of drug-likeness (QED) is 0.691. The van der Waals surface area contributed by atoms with Crippen LogP contribution >= 0.6 is 0 Å². The topological polar surface area (TPSA) is 72.5 Å². The average Bonchev–Trinajstić information content (AvgIpc) is 2.96. The molecular weight excluding hydrogens is 306 g/mol. The molecule has 3 rings (SSSR count). The minimum atomic E-state index is -1.59. The van der Waals surface area contributed by atoms with Crippen LogP contribution in [0.25, 0.3) is 11.1 Å². The van der Waals surface area contributed by atoms with Crippen molar-refractivity contribution in [2.24, 2.45) is 0 Å². The number of hydrogen-bond acceptors (Lipinski definition) is 5. The molecule has 2 aromatic rings. The lowest BCUT2D eigenvalue weighted by Gasteiger charge is -2.26. The average molecular weight is 323 g/mol. The van der Waals surface area contributed by atoms with Gasteiger partial charge in [-0.25, -0.2) is 0 Å². The first-order chi connectivity index (χ1) is 11.5. The molecule has 24 heavy (non-hydrogen) atoms. The van der Waals surface area contributed by atoms with Gasteiger partial charge in [-0.05, 0) is 11.1 Å². The van der Waals surface area contributed by atoms with Crippen LogP contribution < -0.4 is 5.32 Å². The second-order valence-electron chi connectivity index (χ2n) is 5.76. The zero-order chi connectivity index (χ0) is 17.2. The number of Topliss-reactive ketones (excluding diaryl/α,β-unsaturated/α-hetero) is 2. The monoisotopic (exact) mass is 323 g/mol. The predicted molar refractivity (Wildman–Crippen MR) is 88.3 cm³/mol. The molecule has 5 nitrogen and oxygen atoms in total. The molecule has 0 unspecified atom stereocenters. The van der Waals surface area contributed by atoms with E-state index in [0.717, 1.165) is 11.1 Å². The summed E-state index contributed by atoms with van der Waals surface area (Å²) in [6, 6.07) is 16.8. The van der Waals surface area contributed by atoms with Crippen LogP contribution in [0, 0.1) is 0 Å². The van der Waals surface area contributed by atoms with Crippen molar-refractivity contribution in [1.82, 2.24) is 5.32 Å². The lowest BCUT2D eigenvalue weighted by molar-refractivity contribution is -0.154. The first-order valence-corrected chi connectivity index (χ1v) is 7.67. The van der Waals surface area contributed by atoms with Crippen LogP contribution in [-0.4, -0.2) is 29.8 Å². The van der Waals surface area contributed by atoms with Crippen molar-refractivity contribution in [3.8, 4) is 11.1 Å². The Labute approximate surface area is 139 Å². The Balaban J connectivity index is 1.88. The third-order valence-corrected chi connectivity index (χ3v) is 3.96. The van der Waals surface area contributed by atoms with E-state index < -0.39 is 17.5 Å². The third-order valence-electron chi connectivity index (χ3n) is 3.96. The maximum Gasteiger partial charge on any atom is 0.304 e. The van der Waals surface area contributed by atoms with Gasteiger partial charge in [0.15, 0.2) is 5.78 Å². The minimum absolute atomic E-state index is 0.0150. The number of benzene rings is 2. The zero-order valence-corrected chi connectivity index (χ0v) is 13.2. The second kappa shape index (κ2) is 6.37. The first-order valence-electron chi connectivity index (χ1n) is 7.67. The molecule has 122 valence electrons. The number of rotatable bonds is 4. The van der Waals surface area contributed by atoms with Gasteiger partial charge < -0.3 is 4.74 Å². The lowest BCUT2D eigenvalue weighted by Crippen LogP contribution is -2.51. The summed E-state index contributed by atoms with van der Waals surface area (Å²) in [7, 11) is 0. The maximum atomic E-state index is 12.8. The van der Waals surface area contributed by atoms with Crippen LogP contribution in [-0.2, 0) is 14.3 Å². The normalized spacial score (nSPS) is 20.0. The van der Waals surface area contributed by atoms with Crippen molar-refractivity contribution in [3.05, 3.63) is 60.2 Å². The van der Waals surface area contributed by atoms with Gasteiger partial charge in [0, 0.05) is 12.5 Å². The van der Waals surface area contributed by atoms with Gasteiger partial charge in [-0.15, -0.1) is 0 Å². The molecule has 0 bridgehead atoms. The Bertz CT molecular complexity index is 783. The summed E-state index contributed by atoms with van der Waals surface area (Å²) in [5, 5.41) is 2.75. The van der Waals surface area contributed by atoms with Crippen LogP contribution in [0.2, 0.25) is 0 Å². The first kappa shape index (κ1) is 16.1. The summed E-state index contributed by atoms with van der Waals surface area (Å²) < 4.78 is 5.18. The highest BCUT2D eigenvalue weighted by atomic mass is 16.6. The summed E-state index contributed by atoms with van der Waals surface area (Å²) >= 11 is 0.